The maximum atomic E-state index is 6.11. The zero-order valence-corrected chi connectivity index (χ0v) is 19.3. The highest BCUT2D eigenvalue weighted by molar-refractivity contribution is 6.04. The van der Waals surface area contributed by atoms with Crippen LogP contribution in [-0.4, -0.2) is 6.79 Å². The molecule has 1 aliphatic carbocycles. The maximum Gasteiger partial charge on any atom is 0.230 e. The van der Waals surface area contributed by atoms with E-state index in [0.29, 0.717) is 0 Å². The highest BCUT2D eigenvalue weighted by atomic mass is 16.7. The van der Waals surface area contributed by atoms with Gasteiger partial charge in [0.2, 0.25) is 6.79 Å². The van der Waals surface area contributed by atoms with Crippen molar-refractivity contribution in [1.29, 1.82) is 0 Å². The van der Waals surface area contributed by atoms with E-state index in [0.717, 1.165) is 29.9 Å². The van der Waals surface area contributed by atoms with E-state index in [-0.39, 0.29) is 6.79 Å². The monoisotopic (exact) mass is 452 g/mol. The van der Waals surface area contributed by atoms with Crippen molar-refractivity contribution in [2.24, 2.45) is 0 Å². The van der Waals surface area contributed by atoms with Gasteiger partial charge in [0.15, 0.2) is 0 Å². The van der Waals surface area contributed by atoms with Gasteiger partial charge in [0.05, 0.1) is 0 Å². The molecule has 0 unspecified atom stereocenters. The molecule has 7 rings (SSSR count). The predicted molar refractivity (Wildman–Crippen MR) is 143 cm³/mol. The lowest BCUT2D eigenvalue weighted by atomic mass is 9.82. The first-order valence-electron chi connectivity index (χ1n) is 12.1. The lowest BCUT2D eigenvalue weighted by Gasteiger charge is -2.23. The number of hydrogen-bond acceptors (Lipinski definition) is 2. The fourth-order valence-corrected chi connectivity index (χ4v) is 5.49. The highest BCUT2D eigenvalue weighted by Crippen LogP contribution is 2.48. The SMILES string of the molecule is C1=C(c2ccccc2)Cc2ccc3c(c2C1)-c1c(ccc2cc(-c4ccccc4)ccc12)OCO3. The third-order valence-electron chi connectivity index (χ3n) is 7.22. The highest BCUT2D eigenvalue weighted by Gasteiger charge is 2.26. The maximum absolute atomic E-state index is 6.11. The minimum atomic E-state index is 0.220. The first kappa shape index (κ1) is 20.1. The van der Waals surface area contributed by atoms with Gasteiger partial charge in [-0.1, -0.05) is 91.0 Å². The van der Waals surface area contributed by atoms with E-state index < -0.39 is 0 Å². The van der Waals surface area contributed by atoms with Gasteiger partial charge in [-0.25, -0.2) is 0 Å². The molecule has 0 amide bonds. The second-order valence-corrected chi connectivity index (χ2v) is 9.20. The molecule has 0 aromatic heterocycles. The molecule has 2 nitrogen and oxygen atoms in total. The lowest BCUT2D eigenvalue weighted by molar-refractivity contribution is 0.125. The summed E-state index contributed by atoms with van der Waals surface area (Å²) in [5, 5.41) is 2.40. The van der Waals surface area contributed by atoms with Crippen LogP contribution in [-0.2, 0) is 12.8 Å². The molecule has 0 spiro atoms. The predicted octanol–water partition coefficient (Wildman–Crippen LogP) is 8.08. The van der Waals surface area contributed by atoms with Crippen LogP contribution in [0.1, 0.15) is 16.7 Å². The molecule has 0 N–H and O–H groups in total. The van der Waals surface area contributed by atoms with Crippen molar-refractivity contribution in [3.05, 3.63) is 126 Å². The van der Waals surface area contributed by atoms with E-state index >= 15 is 0 Å². The minimum absolute atomic E-state index is 0.220. The zero-order valence-electron chi connectivity index (χ0n) is 19.3. The largest absolute Gasteiger partial charge is 0.457 e. The fraction of sp³-hybridized carbons (Fsp3) is 0.0909. The Kier molecular flexibility index (Phi) is 4.70. The van der Waals surface area contributed by atoms with Crippen LogP contribution in [0.2, 0.25) is 0 Å². The fourth-order valence-electron chi connectivity index (χ4n) is 5.49. The molecule has 0 bridgehead atoms. The molecule has 1 heterocycles. The number of hydrogen-bond donors (Lipinski definition) is 0. The Hall–Kier alpha value is -4.30. The summed E-state index contributed by atoms with van der Waals surface area (Å²) in [5.41, 5.74) is 10.1. The number of ether oxygens (including phenoxy) is 2. The van der Waals surface area contributed by atoms with Gasteiger partial charge in [0.1, 0.15) is 11.5 Å². The summed E-state index contributed by atoms with van der Waals surface area (Å²) in [4.78, 5) is 0. The molecule has 0 atom stereocenters. The summed E-state index contributed by atoms with van der Waals surface area (Å²) in [6.07, 6.45) is 4.18. The molecular weight excluding hydrogens is 428 g/mol. The average Bonchev–Trinajstić information content (AvgIpc) is 3.13. The van der Waals surface area contributed by atoms with Crippen LogP contribution in [0.4, 0.5) is 0 Å². The minimum Gasteiger partial charge on any atom is -0.457 e. The zero-order chi connectivity index (χ0) is 23.2. The van der Waals surface area contributed by atoms with Crippen LogP contribution in [0.5, 0.6) is 11.5 Å². The van der Waals surface area contributed by atoms with Crippen molar-refractivity contribution in [3.8, 4) is 33.8 Å². The second-order valence-electron chi connectivity index (χ2n) is 9.20. The molecule has 2 aliphatic rings. The molecule has 0 radical (unpaired) electrons. The van der Waals surface area contributed by atoms with Gasteiger partial charge in [-0.15, -0.1) is 0 Å². The molecule has 5 aromatic rings. The molecule has 5 aromatic carbocycles. The first-order chi connectivity index (χ1) is 17.3. The van der Waals surface area contributed by atoms with E-state index in [9.17, 15) is 0 Å². The smallest absolute Gasteiger partial charge is 0.230 e. The summed E-state index contributed by atoms with van der Waals surface area (Å²) in [6.45, 7) is 0.220. The molecule has 0 saturated heterocycles. The van der Waals surface area contributed by atoms with Crippen LogP contribution >= 0.6 is 0 Å². The van der Waals surface area contributed by atoms with E-state index in [1.165, 1.54) is 49.7 Å². The molecule has 35 heavy (non-hydrogen) atoms. The normalized spacial score (nSPS) is 14.0. The second kappa shape index (κ2) is 8.18. The number of benzene rings is 5. The van der Waals surface area contributed by atoms with Gasteiger partial charge in [-0.2, -0.15) is 0 Å². The third kappa shape index (κ3) is 3.41. The lowest BCUT2D eigenvalue weighted by Crippen LogP contribution is -2.06. The average molecular weight is 453 g/mol. The Balaban J connectivity index is 1.40. The van der Waals surface area contributed by atoms with E-state index in [2.05, 4.69) is 109 Å². The quantitative estimate of drug-likeness (QED) is 0.269. The topological polar surface area (TPSA) is 18.5 Å². The van der Waals surface area contributed by atoms with E-state index in [1.807, 2.05) is 0 Å². The standard InChI is InChI=1S/C33H24O2/c1-3-7-22(8-4-1)24-11-15-28-26(19-24)13-17-30-32(28)33-29-16-12-25(23-9-5-2-6-10-23)20-27(29)14-18-31(33)35-21-34-30/h1-15,17-19H,16,20-21H2. The van der Waals surface area contributed by atoms with Crippen molar-refractivity contribution < 1.29 is 9.47 Å². The molecule has 1 aliphatic heterocycles. The Bertz CT molecular complexity index is 1600. The molecular formula is C33H24O2. The van der Waals surface area contributed by atoms with Crippen LogP contribution < -0.4 is 9.47 Å². The van der Waals surface area contributed by atoms with Crippen molar-refractivity contribution in [1.82, 2.24) is 0 Å². The van der Waals surface area contributed by atoms with Gasteiger partial charge >= 0.3 is 0 Å². The van der Waals surface area contributed by atoms with Crippen LogP contribution in [0, 0.1) is 0 Å². The van der Waals surface area contributed by atoms with Crippen molar-refractivity contribution in [2.45, 2.75) is 12.8 Å². The Labute approximate surface area is 205 Å². The molecule has 0 saturated carbocycles. The van der Waals surface area contributed by atoms with Crippen LogP contribution in [0.3, 0.4) is 0 Å². The van der Waals surface area contributed by atoms with E-state index in [1.54, 1.807) is 0 Å². The van der Waals surface area contributed by atoms with Gasteiger partial charge in [-0.3, -0.25) is 0 Å². The number of fused-ring (bicyclic) bond motifs is 7. The third-order valence-corrected chi connectivity index (χ3v) is 7.22. The van der Waals surface area contributed by atoms with Crippen LogP contribution in [0.25, 0.3) is 38.6 Å². The number of allylic oxidation sites excluding steroid dienone is 2. The van der Waals surface area contributed by atoms with Gasteiger partial charge in [0, 0.05) is 11.1 Å². The van der Waals surface area contributed by atoms with Crippen molar-refractivity contribution in [3.63, 3.8) is 0 Å². The van der Waals surface area contributed by atoms with Gasteiger partial charge in [-0.05, 0) is 75.2 Å². The van der Waals surface area contributed by atoms with Crippen LogP contribution in [0.15, 0.2) is 109 Å². The summed E-state index contributed by atoms with van der Waals surface area (Å²) in [7, 11) is 0. The Morgan fingerprint density at radius 3 is 2.09 bits per heavy atom. The van der Waals surface area contributed by atoms with Gasteiger partial charge < -0.3 is 9.47 Å². The van der Waals surface area contributed by atoms with Crippen molar-refractivity contribution >= 4 is 16.3 Å². The van der Waals surface area contributed by atoms with E-state index in [4.69, 9.17) is 9.47 Å². The Morgan fingerprint density at radius 2 is 1.29 bits per heavy atom. The Morgan fingerprint density at radius 1 is 0.571 bits per heavy atom. The van der Waals surface area contributed by atoms with Crippen molar-refractivity contribution in [2.75, 3.05) is 6.79 Å². The molecule has 168 valence electrons. The summed E-state index contributed by atoms with van der Waals surface area (Å²) in [5.74, 6) is 1.79. The molecule has 0 fully saturated rings. The number of rotatable bonds is 2. The molecule has 2 heteroatoms. The van der Waals surface area contributed by atoms with Gasteiger partial charge in [0.25, 0.3) is 0 Å². The first-order valence-corrected chi connectivity index (χ1v) is 12.1. The summed E-state index contributed by atoms with van der Waals surface area (Å²) >= 11 is 0. The summed E-state index contributed by atoms with van der Waals surface area (Å²) < 4.78 is 12.2. The summed E-state index contributed by atoms with van der Waals surface area (Å²) in [6, 6.07) is 36.6.